The van der Waals surface area contributed by atoms with Crippen molar-refractivity contribution in [3.8, 4) is 12.0 Å². The Morgan fingerprint density at radius 2 is 1.75 bits per heavy atom. The third kappa shape index (κ3) is 3.36. The van der Waals surface area contributed by atoms with Crippen LogP contribution in [0.4, 0.5) is 5.95 Å². The van der Waals surface area contributed by atoms with E-state index in [4.69, 9.17) is 9.47 Å². The van der Waals surface area contributed by atoms with Gasteiger partial charge < -0.3 is 14.8 Å². The molecule has 0 radical (unpaired) electrons. The number of ether oxygens (including phenoxy) is 2. The van der Waals surface area contributed by atoms with Crippen LogP contribution in [-0.4, -0.2) is 29.2 Å². The van der Waals surface area contributed by atoms with Crippen LogP contribution in [0.5, 0.6) is 12.0 Å². The van der Waals surface area contributed by atoms with Crippen LogP contribution in [0.2, 0.25) is 0 Å². The fraction of sp³-hybridized carbons (Fsp3) is 0.462. The van der Waals surface area contributed by atoms with Crippen molar-refractivity contribution in [2.45, 2.75) is 19.9 Å². The number of hydrogen-bond donors (Lipinski definition) is 1. The number of anilines is 1. The molecule has 2 rings (SSSR count). The second kappa shape index (κ2) is 6.51. The van der Waals surface area contributed by atoms with Gasteiger partial charge in [-0.25, -0.2) is 0 Å². The number of methoxy groups -OCH3 is 2. The number of hydrogen-bond acceptors (Lipinski definition) is 7. The van der Waals surface area contributed by atoms with Crippen LogP contribution >= 0.6 is 11.3 Å². The molecular formula is C13H18N4O2S. The molecule has 0 bridgehead atoms. The molecule has 0 spiro atoms. The summed E-state index contributed by atoms with van der Waals surface area (Å²) in [5.74, 6) is 0.836. The lowest BCUT2D eigenvalue weighted by molar-refractivity contribution is 0.340. The van der Waals surface area contributed by atoms with E-state index in [1.807, 2.05) is 6.07 Å². The van der Waals surface area contributed by atoms with Crippen LogP contribution in [0.25, 0.3) is 0 Å². The normalized spacial score (nSPS) is 12.2. The highest BCUT2D eigenvalue weighted by Crippen LogP contribution is 2.29. The average molecular weight is 294 g/mol. The van der Waals surface area contributed by atoms with E-state index in [9.17, 15) is 0 Å². The Balaban J connectivity index is 2.26. The van der Waals surface area contributed by atoms with Crippen molar-refractivity contribution in [1.29, 1.82) is 0 Å². The Kier molecular flexibility index (Phi) is 4.73. The molecule has 2 aromatic heterocycles. The van der Waals surface area contributed by atoms with E-state index in [0.29, 0.717) is 11.9 Å². The van der Waals surface area contributed by atoms with Crippen molar-refractivity contribution in [2.24, 2.45) is 5.92 Å². The zero-order valence-electron chi connectivity index (χ0n) is 12.0. The molecule has 0 aliphatic rings. The average Bonchev–Trinajstić information content (AvgIpc) is 2.97. The first-order valence-electron chi connectivity index (χ1n) is 6.28. The first-order chi connectivity index (χ1) is 9.63. The third-order valence-corrected chi connectivity index (χ3v) is 3.72. The van der Waals surface area contributed by atoms with Gasteiger partial charge in [0.25, 0.3) is 0 Å². The van der Waals surface area contributed by atoms with Gasteiger partial charge in [-0.05, 0) is 17.4 Å². The second-order valence-corrected chi connectivity index (χ2v) is 5.49. The van der Waals surface area contributed by atoms with Crippen molar-refractivity contribution >= 4 is 17.3 Å². The van der Waals surface area contributed by atoms with Crippen LogP contribution in [0, 0.1) is 5.92 Å². The molecular weight excluding hydrogens is 276 g/mol. The molecule has 1 unspecified atom stereocenters. The lowest BCUT2D eigenvalue weighted by Gasteiger charge is -2.21. The third-order valence-electron chi connectivity index (χ3n) is 2.76. The van der Waals surface area contributed by atoms with Gasteiger partial charge in [0.15, 0.2) is 0 Å². The molecule has 1 atom stereocenters. The summed E-state index contributed by atoms with van der Waals surface area (Å²) in [6.07, 6.45) is 0. The van der Waals surface area contributed by atoms with Gasteiger partial charge in [0.05, 0.1) is 20.3 Å². The zero-order chi connectivity index (χ0) is 14.5. The van der Waals surface area contributed by atoms with Gasteiger partial charge >= 0.3 is 12.0 Å². The van der Waals surface area contributed by atoms with Crippen molar-refractivity contribution in [3.63, 3.8) is 0 Å². The molecule has 0 fully saturated rings. The SMILES string of the molecule is COc1nc(NC(c2cccs2)C(C)C)nc(OC)n1. The van der Waals surface area contributed by atoms with Crippen molar-refractivity contribution in [2.75, 3.05) is 19.5 Å². The minimum Gasteiger partial charge on any atom is -0.467 e. The van der Waals surface area contributed by atoms with E-state index >= 15 is 0 Å². The predicted octanol–water partition coefficient (Wildman–Crippen LogP) is 2.76. The summed E-state index contributed by atoms with van der Waals surface area (Å²) >= 11 is 1.70. The van der Waals surface area contributed by atoms with Gasteiger partial charge in [-0.2, -0.15) is 9.97 Å². The number of thiophene rings is 1. The van der Waals surface area contributed by atoms with Crippen LogP contribution in [-0.2, 0) is 0 Å². The van der Waals surface area contributed by atoms with E-state index in [1.54, 1.807) is 11.3 Å². The van der Waals surface area contributed by atoms with Gasteiger partial charge in [-0.15, -0.1) is 16.3 Å². The predicted molar refractivity (Wildman–Crippen MR) is 78.5 cm³/mol. The molecule has 0 amide bonds. The molecule has 20 heavy (non-hydrogen) atoms. The topological polar surface area (TPSA) is 69.2 Å². The molecule has 0 saturated carbocycles. The smallest absolute Gasteiger partial charge is 0.324 e. The van der Waals surface area contributed by atoms with Gasteiger partial charge in [0.1, 0.15) is 0 Å². The maximum Gasteiger partial charge on any atom is 0.324 e. The monoisotopic (exact) mass is 294 g/mol. The molecule has 6 nitrogen and oxygen atoms in total. The maximum absolute atomic E-state index is 5.05. The molecule has 108 valence electrons. The standard InChI is InChI=1S/C13H18N4O2S/c1-8(2)10(9-6-5-7-20-9)14-11-15-12(18-3)17-13(16-11)19-4/h5-8,10H,1-4H3,(H,14,15,16,17). The summed E-state index contributed by atoms with van der Waals surface area (Å²) in [7, 11) is 3.02. The van der Waals surface area contributed by atoms with E-state index in [0.717, 1.165) is 0 Å². The van der Waals surface area contributed by atoms with Gasteiger partial charge in [0.2, 0.25) is 5.95 Å². The first kappa shape index (κ1) is 14.5. The Bertz CT molecular complexity index is 523. The van der Waals surface area contributed by atoms with Crippen molar-refractivity contribution in [3.05, 3.63) is 22.4 Å². The minimum absolute atomic E-state index is 0.131. The Hall–Kier alpha value is -1.89. The van der Waals surface area contributed by atoms with E-state index in [2.05, 4.69) is 45.6 Å². The second-order valence-electron chi connectivity index (χ2n) is 4.51. The van der Waals surface area contributed by atoms with E-state index < -0.39 is 0 Å². The summed E-state index contributed by atoms with van der Waals surface area (Å²) in [5.41, 5.74) is 0. The van der Waals surface area contributed by atoms with E-state index in [-0.39, 0.29) is 18.1 Å². The van der Waals surface area contributed by atoms with E-state index in [1.165, 1.54) is 19.1 Å². The Morgan fingerprint density at radius 1 is 1.10 bits per heavy atom. The molecule has 0 saturated heterocycles. The Morgan fingerprint density at radius 3 is 2.20 bits per heavy atom. The quantitative estimate of drug-likeness (QED) is 0.883. The van der Waals surface area contributed by atoms with Crippen LogP contribution < -0.4 is 14.8 Å². The molecule has 2 heterocycles. The number of nitrogens with zero attached hydrogens (tertiary/aromatic N) is 3. The van der Waals surface area contributed by atoms with Crippen molar-refractivity contribution in [1.82, 2.24) is 15.0 Å². The molecule has 0 aromatic carbocycles. The Labute approximate surface area is 122 Å². The van der Waals surface area contributed by atoms with Crippen molar-refractivity contribution < 1.29 is 9.47 Å². The van der Waals surface area contributed by atoms with Gasteiger partial charge in [-0.3, -0.25) is 0 Å². The lowest BCUT2D eigenvalue weighted by Crippen LogP contribution is -2.18. The lowest BCUT2D eigenvalue weighted by atomic mass is 10.0. The molecule has 2 aromatic rings. The largest absolute Gasteiger partial charge is 0.467 e. The van der Waals surface area contributed by atoms with Gasteiger partial charge in [-0.1, -0.05) is 19.9 Å². The fourth-order valence-electron chi connectivity index (χ4n) is 1.76. The maximum atomic E-state index is 5.05. The highest BCUT2D eigenvalue weighted by atomic mass is 32.1. The summed E-state index contributed by atoms with van der Waals surface area (Å²) in [4.78, 5) is 13.6. The highest BCUT2D eigenvalue weighted by Gasteiger charge is 2.19. The minimum atomic E-state index is 0.131. The number of aromatic nitrogens is 3. The summed E-state index contributed by atoms with van der Waals surface area (Å²) < 4.78 is 10.1. The number of nitrogens with one attached hydrogen (secondary N) is 1. The first-order valence-corrected chi connectivity index (χ1v) is 7.16. The summed E-state index contributed by atoms with van der Waals surface area (Å²) in [5, 5.41) is 5.37. The molecule has 7 heteroatoms. The van der Waals surface area contributed by atoms with Crippen LogP contribution in [0.3, 0.4) is 0 Å². The fourth-order valence-corrected chi connectivity index (χ4v) is 2.71. The molecule has 0 aliphatic carbocycles. The van der Waals surface area contributed by atoms with Crippen LogP contribution in [0.1, 0.15) is 24.8 Å². The number of rotatable bonds is 6. The molecule has 1 N–H and O–H groups in total. The van der Waals surface area contributed by atoms with Crippen LogP contribution in [0.15, 0.2) is 17.5 Å². The van der Waals surface area contributed by atoms with Gasteiger partial charge in [0, 0.05) is 4.88 Å². The molecule has 0 aliphatic heterocycles. The summed E-state index contributed by atoms with van der Waals surface area (Å²) in [6.45, 7) is 4.29. The zero-order valence-corrected chi connectivity index (χ0v) is 12.8. The summed E-state index contributed by atoms with van der Waals surface area (Å²) in [6, 6.07) is 4.72. The highest BCUT2D eigenvalue weighted by molar-refractivity contribution is 7.10.